The van der Waals surface area contributed by atoms with Crippen LogP contribution in [-0.2, 0) is 9.59 Å². The first-order valence-corrected chi connectivity index (χ1v) is 10.5. The minimum absolute atomic E-state index is 0.116. The van der Waals surface area contributed by atoms with Gasteiger partial charge in [-0.1, -0.05) is 49.9 Å². The molecule has 0 bridgehead atoms. The zero-order valence-corrected chi connectivity index (χ0v) is 17.6. The maximum atomic E-state index is 12.2. The standard InChI is InChI=1S/C25H29NO4/c1-17-6-5-9-23(18(17)2)30-21-13-10-20(11-14-21)16-22(25(28)29)26-24(27)15-12-19-7-3-4-8-19/h5-6,9-11,13-14,16,19H,3-4,7-8,12,15H2,1-2H3,(H,26,27)(H,28,29)/b22-16-. The van der Waals surface area contributed by atoms with Crippen LogP contribution in [-0.4, -0.2) is 17.0 Å². The Morgan fingerprint density at radius 2 is 1.80 bits per heavy atom. The number of rotatable bonds is 8. The van der Waals surface area contributed by atoms with Gasteiger partial charge in [0.1, 0.15) is 17.2 Å². The highest BCUT2D eigenvalue weighted by atomic mass is 16.5. The lowest BCUT2D eigenvalue weighted by atomic mass is 10.0. The van der Waals surface area contributed by atoms with Crippen molar-refractivity contribution in [3.8, 4) is 11.5 Å². The highest BCUT2D eigenvalue weighted by Crippen LogP contribution is 2.29. The third kappa shape index (κ3) is 5.96. The molecule has 0 heterocycles. The smallest absolute Gasteiger partial charge is 0.352 e. The minimum Gasteiger partial charge on any atom is -0.477 e. The molecule has 30 heavy (non-hydrogen) atoms. The lowest BCUT2D eigenvalue weighted by Crippen LogP contribution is -2.27. The van der Waals surface area contributed by atoms with Gasteiger partial charge in [0.2, 0.25) is 5.91 Å². The molecule has 3 rings (SSSR count). The van der Waals surface area contributed by atoms with E-state index in [1.165, 1.54) is 31.8 Å². The molecule has 0 saturated heterocycles. The van der Waals surface area contributed by atoms with E-state index in [9.17, 15) is 14.7 Å². The number of aryl methyl sites for hydroxylation is 1. The van der Waals surface area contributed by atoms with Crippen molar-refractivity contribution in [1.29, 1.82) is 0 Å². The van der Waals surface area contributed by atoms with E-state index in [0.717, 1.165) is 23.3 Å². The third-order valence-corrected chi connectivity index (χ3v) is 5.73. The molecule has 0 unspecified atom stereocenters. The SMILES string of the molecule is Cc1cccc(Oc2ccc(/C=C(\NC(=O)CCC3CCCC3)C(=O)O)cc2)c1C. The van der Waals surface area contributed by atoms with E-state index in [4.69, 9.17) is 4.74 Å². The summed E-state index contributed by atoms with van der Waals surface area (Å²) in [5.74, 6) is 0.653. The van der Waals surface area contributed by atoms with E-state index in [1.807, 2.05) is 32.0 Å². The van der Waals surface area contributed by atoms with Crippen LogP contribution in [0.5, 0.6) is 11.5 Å². The fourth-order valence-electron chi connectivity index (χ4n) is 3.76. The molecule has 2 N–H and O–H groups in total. The molecular formula is C25H29NO4. The number of carbonyl (C=O) groups is 2. The maximum absolute atomic E-state index is 12.2. The average Bonchev–Trinajstić information content (AvgIpc) is 3.24. The number of amides is 1. The summed E-state index contributed by atoms with van der Waals surface area (Å²) in [6.07, 6.45) is 7.46. The Kier molecular flexibility index (Phi) is 7.28. The quantitative estimate of drug-likeness (QED) is 0.558. The van der Waals surface area contributed by atoms with Gasteiger partial charge in [-0.05, 0) is 67.2 Å². The summed E-state index contributed by atoms with van der Waals surface area (Å²) < 4.78 is 5.94. The average molecular weight is 408 g/mol. The van der Waals surface area contributed by atoms with Gasteiger partial charge in [-0.3, -0.25) is 4.79 Å². The van der Waals surface area contributed by atoms with Gasteiger partial charge < -0.3 is 15.2 Å². The Morgan fingerprint density at radius 1 is 1.10 bits per heavy atom. The van der Waals surface area contributed by atoms with Crippen LogP contribution in [0.4, 0.5) is 0 Å². The van der Waals surface area contributed by atoms with Crippen molar-refractivity contribution in [2.45, 2.75) is 52.4 Å². The van der Waals surface area contributed by atoms with Crippen LogP contribution in [0.1, 0.15) is 55.2 Å². The second kappa shape index (κ2) is 10.1. The molecule has 0 aromatic heterocycles. The van der Waals surface area contributed by atoms with Crippen molar-refractivity contribution < 1.29 is 19.4 Å². The number of carboxylic acid groups (broad SMARTS) is 1. The fourth-order valence-corrected chi connectivity index (χ4v) is 3.76. The van der Waals surface area contributed by atoms with E-state index in [1.54, 1.807) is 24.3 Å². The first kappa shape index (κ1) is 21.6. The molecule has 2 aromatic rings. The van der Waals surface area contributed by atoms with Gasteiger partial charge in [0.15, 0.2) is 0 Å². The summed E-state index contributed by atoms with van der Waals surface area (Å²) in [7, 11) is 0. The number of benzene rings is 2. The number of ether oxygens (including phenoxy) is 1. The molecule has 1 aliphatic carbocycles. The number of hydrogen-bond donors (Lipinski definition) is 2. The Labute approximate surface area is 177 Å². The summed E-state index contributed by atoms with van der Waals surface area (Å²) in [4.78, 5) is 23.8. The van der Waals surface area contributed by atoms with Gasteiger partial charge in [-0.2, -0.15) is 0 Å². The van der Waals surface area contributed by atoms with E-state index in [0.29, 0.717) is 23.7 Å². The summed E-state index contributed by atoms with van der Waals surface area (Å²) in [5, 5.41) is 12.0. The van der Waals surface area contributed by atoms with Crippen LogP contribution in [0.3, 0.4) is 0 Å². The number of carbonyl (C=O) groups excluding carboxylic acids is 1. The van der Waals surface area contributed by atoms with Crippen molar-refractivity contribution in [3.63, 3.8) is 0 Å². The lowest BCUT2D eigenvalue weighted by Gasteiger charge is -2.11. The molecule has 5 heteroatoms. The molecule has 5 nitrogen and oxygen atoms in total. The molecule has 1 fully saturated rings. The molecule has 1 amide bonds. The zero-order chi connectivity index (χ0) is 21.5. The molecule has 0 spiro atoms. The van der Waals surface area contributed by atoms with E-state index in [2.05, 4.69) is 5.32 Å². The second-order valence-electron chi connectivity index (χ2n) is 7.97. The molecule has 2 aromatic carbocycles. The van der Waals surface area contributed by atoms with Gasteiger partial charge in [0.25, 0.3) is 0 Å². The normalized spacial score (nSPS) is 14.5. The summed E-state index contributed by atoms with van der Waals surface area (Å²) in [6.45, 7) is 4.04. The monoisotopic (exact) mass is 407 g/mol. The Balaban J connectivity index is 1.63. The first-order chi connectivity index (χ1) is 14.4. The van der Waals surface area contributed by atoms with E-state index >= 15 is 0 Å². The van der Waals surface area contributed by atoms with Crippen molar-refractivity contribution in [2.24, 2.45) is 5.92 Å². The van der Waals surface area contributed by atoms with E-state index in [-0.39, 0.29) is 11.6 Å². The second-order valence-corrected chi connectivity index (χ2v) is 7.97. The molecule has 0 radical (unpaired) electrons. The molecule has 0 atom stereocenters. The Hall–Kier alpha value is -3.08. The summed E-state index contributed by atoms with van der Waals surface area (Å²) in [5.41, 5.74) is 2.79. The molecular weight excluding hydrogens is 378 g/mol. The van der Waals surface area contributed by atoms with Crippen LogP contribution in [0.15, 0.2) is 48.2 Å². The van der Waals surface area contributed by atoms with Crippen LogP contribution in [0.2, 0.25) is 0 Å². The third-order valence-electron chi connectivity index (χ3n) is 5.73. The first-order valence-electron chi connectivity index (χ1n) is 10.5. The van der Waals surface area contributed by atoms with Crippen molar-refractivity contribution in [1.82, 2.24) is 5.32 Å². The van der Waals surface area contributed by atoms with Crippen molar-refractivity contribution >= 4 is 18.0 Å². The number of carboxylic acids is 1. The zero-order valence-electron chi connectivity index (χ0n) is 17.6. The molecule has 1 aliphatic rings. The number of nitrogens with one attached hydrogen (secondary N) is 1. The van der Waals surface area contributed by atoms with Crippen LogP contribution < -0.4 is 10.1 Å². The van der Waals surface area contributed by atoms with Crippen molar-refractivity contribution in [2.75, 3.05) is 0 Å². The van der Waals surface area contributed by atoms with Gasteiger partial charge in [0.05, 0.1) is 0 Å². The van der Waals surface area contributed by atoms with Gasteiger partial charge in [0, 0.05) is 6.42 Å². The predicted molar refractivity (Wildman–Crippen MR) is 117 cm³/mol. The van der Waals surface area contributed by atoms with Crippen molar-refractivity contribution in [3.05, 3.63) is 64.9 Å². The van der Waals surface area contributed by atoms with Crippen LogP contribution in [0, 0.1) is 19.8 Å². The van der Waals surface area contributed by atoms with Crippen LogP contribution in [0.25, 0.3) is 6.08 Å². The maximum Gasteiger partial charge on any atom is 0.352 e. The molecule has 158 valence electrons. The Bertz CT molecular complexity index is 925. The topological polar surface area (TPSA) is 75.6 Å². The summed E-state index contributed by atoms with van der Waals surface area (Å²) in [6, 6.07) is 13.0. The summed E-state index contributed by atoms with van der Waals surface area (Å²) >= 11 is 0. The predicted octanol–water partition coefficient (Wildman–Crippen LogP) is 5.61. The molecule has 1 saturated carbocycles. The van der Waals surface area contributed by atoms with Gasteiger partial charge in [-0.25, -0.2) is 4.79 Å². The molecule has 0 aliphatic heterocycles. The highest BCUT2D eigenvalue weighted by molar-refractivity contribution is 5.96. The largest absolute Gasteiger partial charge is 0.477 e. The Morgan fingerprint density at radius 3 is 2.47 bits per heavy atom. The van der Waals surface area contributed by atoms with E-state index < -0.39 is 5.97 Å². The lowest BCUT2D eigenvalue weighted by molar-refractivity contribution is -0.134. The minimum atomic E-state index is -1.15. The fraction of sp³-hybridized carbons (Fsp3) is 0.360. The van der Waals surface area contributed by atoms with Crippen LogP contribution >= 0.6 is 0 Å². The number of aliphatic carboxylic acids is 1. The number of hydrogen-bond acceptors (Lipinski definition) is 3. The van der Waals surface area contributed by atoms with Gasteiger partial charge in [-0.15, -0.1) is 0 Å². The highest BCUT2D eigenvalue weighted by Gasteiger charge is 2.17. The van der Waals surface area contributed by atoms with Gasteiger partial charge >= 0.3 is 5.97 Å².